The Kier molecular flexibility index (Phi) is 2.12. The van der Waals surface area contributed by atoms with Gasteiger partial charge in [-0.3, -0.25) is 0 Å². The van der Waals surface area contributed by atoms with Crippen molar-refractivity contribution in [3.8, 4) is 0 Å². The smallest absolute Gasteiger partial charge is 0.0407 e. The second-order valence-corrected chi connectivity index (χ2v) is 6.30. The van der Waals surface area contributed by atoms with Gasteiger partial charge in [0, 0.05) is 20.0 Å². The van der Waals surface area contributed by atoms with Gasteiger partial charge in [0.05, 0.1) is 0 Å². The molecule has 0 saturated carbocycles. The van der Waals surface area contributed by atoms with Crippen LogP contribution < -0.4 is 0 Å². The molecule has 1 aliphatic heterocycles. The summed E-state index contributed by atoms with van der Waals surface area (Å²) < 4.78 is 1.19. The van der Waals surface area contributed by atoms with Crippen LogP contribution in [0, 0.1) is 0 Å². The molecule has 0 bridgehead atoms. The number of fused-ring (bicyclic) bond motifs is 3. The van der Waals surface area contributed by atoms with Crippen molar-refractivity contribution in [2.75, 3.05) is 0 Å². The molecule has 15 heavy (non-hydrogen) atoms. The van der Waals surface area contributed by atoms with E-state index in [1.807, 2.05) is 11.8 Å². The average Bonchev–Trinajstić information content (AvgIpc) is 2.51. The number of hydrogen-bond donors (Lipinski definition) is 0. The van der Waals surface area contributed by atoms with Crippen LogP contribution in [-0.2, 0) is 5.41 Å². The minimum atomic E-state index is 0.162. The Morgan fingerprint density at radius 3 is 3.00 bits per heavy atom. The summed E-state index contributed by atoms with van der Waals surface area (Å²) in [5, 5.41) is 0.552. The molecule has 0 aromatic heterocycles. The molecule has 2 heteroatoms. The molecule has 0 N–H and O–H groups in total. The first kappa shape index (κ1) is 9.73. The van der Waals surface area contributed by atoms with Gasteiger partial charge in [0.15, 0.2) is 0 Å². The van der Waals surface area contributed by atoms with Gasteiger partial charge in [-0.05, 0) is 11.6 Å². The lowest BCUT2D eigenvalue weighted by Gasteiger charge is -2.29. The van der Waals surface area contributed by atoms with Crippen molar-refractivity contribution in [2.45, 2.75) is 22.5 Å². The van der Waals surface area contributed by atoms with Crippen LogP contribution in [0.3, 0.4) is 0 Å². The highest BCUT2D eigenvalue weighted by Crippen LogP contribution is 2.52. The molecule has 2 aliphatic rings. The lowest BCUT2D eigenvalue weighted by atomic mass is 9.77. The molecule has 0 nitrogen and oxygen atoms in total. The monoisotopic (exact) mass is 278 g/mol. The summed E-state index contributed by atoms with van der Waals surface area (Å²) in [6, 6.07) is 8.72. The fourth-order valence-electron chi connectivity index (χ4n) is 2.34. The van der Waals surface area contributed by atoms with Crippen LogP contribution in [0.4, 0.5) is 0 Å². The zero-order valence-electron chi connectivity index (χ0n) is 8.41. The van der Waals surface area contributed by atoms with E-state index in [4.69, 9.17) is 0 Å². The summed E-state index contributed by atoms with van der Waals surface area (Å²) in [4.78, 5) is 1.42. The fraction of sp³-hybridized carbons (Fsp3) is 0.231. The molecule has 2 unspecified atom stereocenters. The SMILES string of the molecule is CC12C=C(Br)C=CC1Sc1ccccc12. The topological polar surface area (TPSA) is 0 Å². The molecule has 1 heterocycles. The Morgan fingerprint density at radius 1 is 1.33 bits per heavy atom. The standard InChI is InChI=1S/C13H11BrS/c1-13-8-9(14)6-7-12(13)15-11-5-3-2-4-10(11)13/h2-8,12H,1H3. The van der Waals surface area contributed by atoms with Gasteiger partial charge in [0.2, 0.25) is 0 Å². The van der Waals surface area contributed by atoms with Crippen molar-refractivity contribution in [3.05, 3.63) is 52.5 Å². The minimum Gasteiger partial charge on any atom is -0.117 e. The molecule has 0 amide bonds. The maximum absolute atomic E-state index is 3.58. The number of thioether (sulfide) groups is 1. The van der Waals surface area contributed by atoms with Crippen LogP contribution in [0.2, 0.25) is 0 Å². The molecule has 0 spiro atoms. The fourth-order valence-corrected chi connectivity index (χ4v) is 4.41. The Balaban J connectivity index is 2.20. The maximum atomic E-state index is 3.58. The van der Waals surface area contributed by atoms with Gasteiger partial charge in [0.25, 0.3) is 0 Å². The van der Waals surface area contributed by atoms with Crippen LogP contribution >= 0.6 is 27.7 Å². The van der Waals surface area contributed by atoms with Crippen molar-refractivity contribution < 1.29 is 0 Å². The second-order valence-electron chi connectivity index (χ2n) is 4.21. The lowest BCUT2D eigenvalue weighted by molar-refractivity contribution is 0.619. The van der Waals surface area contributed by atoms with Gasteiger partial charge in [-0.15, -0.1) is 11.8 Å². The van der Waals surface area contributed by atoms with Gasteiger partial charge in [0.1, 0.15) is 0 Å². The van der Waals surface area contributed by atoms with Crippen LogP contribution in [0.5, 0.6) is 0 Å². The first-order chi connectivity index (χ1) is 7.20. The molecule has 1 aromatic carbocycles. The van der Waals surface area contributed by atoms with E-state index in [0.717, 1.165) is 0 Å². The Hall–Kier alpha value is -0.470. The predicted octanol–water partition coefficient (Wildman–Crippen LogP) is 4.27. The highest BCUT2D eigenvalue weighted by atomic mass is 79.9. The highest BCUT2D eigenvalue weighted by molar-refractivity contribution is 9.11. The van der Waals surface area contributed by atoms with E-state index >= 15 is 0 Å². The van der Waals surface area contributed by atoms with Crippen molar-refractivity contribution >= 4 is 27.7 Å². The van der Waals surface area contributed by atoms with Crippen LogP contribution in [0.1, 0.15) is 12.5 Å². The summed E-state index contributed by atoms with van der Waals surface area (Å²) in [5.74, 6) is 0. The van der Waals surface area contributed by atoms with Gasteiger partial charge in [-0.1, -0.05) is 59.3 Å². The third-order valence-corrected chi connectivity index (χ3v) is 5.18. The number of allylic oxidation sites excluding steroid dienone is 3. The van der Waals surface area contributed by atoms with E-state index in [9.17, 15) is 0 Å². The Morgan fingerprint density at radius 2 is 2.13 bits per heavy atom. The zero-order chi connectivity index (χ0) is 10.5. The number of benzene rings is 1. The summed E-state index contributed by atoms with van der Waals surface area (Å²) in [6.07, 6.45) is 6.79. The molecule has 1 aromatic rings. The first-order valence-electron chi connectivity index (χ1n) is 5.03. The first-order valence-corrected chi connectivity index (χ1v) is 6.70. The van der Waals surface area contributed by atoms with Gasteiger partial charge >= 0.3 is 0 Å². The van der Waals surface area contributed by atoms with E-state index in [2.05, 4.69) is 65.3 Å². The van der Waals surface area contributed by atoms with Gasteiger partial charge < -0.3 is 0 Å². The Labute approximate surface area is 103 Å². The molecule has 76 valence electrons. The zero-order valence-corrected chi connectivity index (χ0v) is 10.8. The molecule has 0 fully saturated rings. The van der Waals surface area contributed by atoms with Gasteiger partial charge in [-0.25, -0.2) is 0 Å². The lowest BCUT2D eigenvalue weighted by Crippen LogP contribution is -2.28. The largest absolute Gasteiger partial charge is 0.117 e. The molecule has 2 atom stereocenters. The van der Waals surface area contributed by atoms with Gasteiger partial charge in [-0.2, -0.15) is 0 Å². The van der Waals surface area contributed by atoms with E-state index in [1.165, 1.54) is 14.9 Å². The predicted molar refractivity (Wildman–Crippen MR) is 69.6 cm³/mol. The van der Waals surface area contributed by atoms with Crippen molar-refractivity contribution in [1.82, 2.24) is 0 Å². The van der Waals surface area contributed by atoms with E-state index in [1.54, 1.807) is 0 Å². The van der Waals surface area contributed by atoms with E-state index in [-0.39, 0.29) is 5.41 Å². The van der Waals surface area contributed by atoms with Crippen molar-refractivity contribution in [1.29, 1.82) is 0 Å². The minimum absolute atomic E-state index is 0.162. The average molecular weight is 279 g/mol. The summed E-state index contributed by atoms with van der Waals surface area (Å²) in [7, 11) is 0. The number of rotatable bonds is 0. The van der Waals surface area contributed by atoms with Crippen LogP contribution in [0.15, 0.2) is 51.9 Å². The molecule has 0 radical (unpaired) electrons. The van der Waals surface area contributed by atoms with E-state index in [0.29, 0.717) is 5.25 Å². The second kappa shape index (κ2) is 3.26. The molecular weight excluding hydrogens is 268 g/mol. The van der Waals surface area contributed by atoms with E-state index < -0.39 is 0 Å². The third-order valence-electron chi connectivity index (χ3n) is 3.18. The summed E-state index contributed by atoms with van der Waals surface area (Å²) in [5.41, 5.74) is 1.62. The highest BCUT2D eigenvalue weighted by Gasteiger charge is 2.42. The molecular formula is C13H11BrS. The summed E-state index contributed by atoms with van der Waals surface area (Å²) >= 11 is 5.55. The quantitative estimate of drug-likeness (QED) is 0.683. The number of hydrogen-bond acceptors (Lipinski definition) is 1. The van der Waals surface area contributed by atoms with Crippen LogP contribution in [0.25, 0.3) is 0 Å². The molecule has 3 rings (SSSR count). The third kappa shape index (κ3) is 1.35. The van der Waals surface area contributed by atoms with Crippen molar-refractivity contribution in [3.63, 3.8) is 0 Å². The van der Waals surface area contributed by atoms with Crippen LogP contribution in [-0.4, -0.2) is 5.25 Å². The Bertz CT molecular complexity index is 475. The molecule has 1 aliphatic carbocycles. The summed E-state index contributed by atoms with van der Waals surface area (Å²) in [6.45, 7) is 2.32. The normalized spacial score (nSPS) is 32.1. The molecule has 0 saturated heterocycles. The maximum Gasteiger partial charge on any atom is 0.0407 e. The van der Waals surface area contributed by atoms with Crippen molar-refractivity contribution in [2.24, 2.45) is 0 Å². The number of halogens is 1.